The van der Waals surface area contributed by atoms with Crippen molar-refractivity contribution in [2.75, 3.05) is 58.4 Å². The van der Waals surface area contributed by atoms with Crippen LogP contribution in [0.15, 0.2) is 22.7 Å². The van der Waals surface area contributed by atoms with Gasteiger partial charge in [0, 0.05) is 56.8 Å². The Bertz CT molecular complexity index is 1620. The van der Waals surface area contributed by atoms with Gasteiger partial charge in [0.1, 0.15) is 5.82 Å². The topological polar surface area (TPSA) is 143 Å². The number of hydrogen-bond acceptors (Lipinski definition) is 11. The minimum absolute atomic E-state index is 0.0794. The Morgan fingerprint density at radius 2 is 1.72 bits per heavy atom. The SMILES string of the molecule is CCOC(=O)CS(=O)(=O)Nc1cc(N2CCC3(CC2)CC3)c2c(Nc3cc(C)nc(N4CCC(F)(F)CC4)n3)noc2c1. The Kier molecular flexibility index (Phi) is 7.55. The summed E-state index contributed by atoms with van der Waals surface area (Å²) in [4.78, 5) is 24.9. The highest BCUT2D eigenvalue weighted by Gasteiger charge is 2.44. The predicted molar refractivity (Wildman–Crippen MR) is 158 cm³/mol. The molecule has 15 heteroatoms. The van der Waals surface area contributed by atoms with Gasteiger partial charge in [-0.25, -0.2) is 22.2 Å². The lowest BCUT2D eigenvalue weighted by molar-refractivity contribution is -0.139. The molecule has 3 aromatic rings. The number of esters is 1. The van der Waals surface area contributed by atoms with Gasteiger partial charge in [0.25, 0.3) is 5.92 Å². The number of piperidine rings is 2. The number of hydrogen-bond donors (Lipinski definition) is 2. The number of alkyl halides is 2. The van der Waals surface area contributed by atoms with Crippen molar-refractivity contribution in [1.29, 1.82) is 0 Å². The van der Waals surface area contributed by atoms with E-state index in [0.29, 0.717) is 39.7 Å². The van der Waals surface area contributed by atoms with Gasteiger partial charge < -0.3 is 24.4 Å². The summed E-state index contributed by atoms with van der Waals surface area (Å²) in [7, 11) is -4.04. The molecule has 1 spiro atoms. The zero-order valence-corrected chi connectivity index (χ0v) is 25.0. The molecule has 1 saturated carbocycles. The first-order valence-electron chi connectivity index (χ1n) is 14.5. The largest absolute Gasteiger partial charge is 0.465 e. The predicted octanol–water partition coefficient (Wildman–Crippen LogP) is 4.59. The molecule has 0 atom stereocenters. The average molecular weight is 620 g/mol. The second kappa shape index (κ2) is 11.1. The minimum atomic E-state index is -4.04. The average Bonchev–Trinajstić information content (AvgIpc) is 3.56. The molecule has 2 N–H and O–H groups in total. The van der Waals surface area contributed by atoms with E-state index < -0.39 is 27.7 Å². The summed E-state index contributed by atoms with van der Waals surface area (Å²) < 4.78 is 65.9. The monoisotopic (exact) mass is 619 g/mol. The number of benzene rings is 1. The van der Waals surface area contributed by atoms with Crippen LogP contribution in [0.4, 0.5) is 37.7 Å². The Hall–Kier alpha value is -3.75. The van der Waals surface area contributed by atoms with Gasteiger partial charge in [-0.1, -0.05) is 5.16 Å². The quantitative estimate of drug-likeness (QED) is 0.325. The molecule has 4 heterocycles. The summed E-state index contributed by atoms with van der Waals surface area (Å²) in [5, 5.41) is 8.12. The first kappa shape index (κ1) is 29.3. The van der Waals surface area contributed by atoms with Crippen molar-refractivity contribution in [3.63, 3.8) is 0 Å². The molecule has 12 nitrogen and oxygen atoms in total. The molecule has 1 aromatic carbocycles. The van der Waals surface area contributed by atoms with Crippen LogP contribution < -0.4 is 19.8 Å². The highest BCUT2D eigenvalue weighted by atomic mass is 32.2. The highest BCUT2D eigenvalue weighted by molar-refractivity contribution is 7.93. The van der Waals surface area contributed by atoms with Gasteiger partial charge in [0.05, 0.1) is 23.4 Å². The third-order valence-corrected chi connectivity index (χ3v) is 9.59. The number of anilines is 5. The van der Waals surface area contributed by atoms with Gasteiger partial charge in [0.2, 0.25) is 16.0 Å². The molecule has 2 saturated heterocycles. The van der Waals surface area contributed by atoms with Crippen molar-refractivity contribution in [2.24, 2.45) is 5.41 Å². The maximum atomic E-state index is 13.7. The van der Waals surface area contributed by atoms with Crippen LogP contribution in [-0.4, -0.2) is 74.0 Å². The first-order chi connectivity index (χ1) is 20.4. The van der Waals surface area contributed by atoms with Crippen LogP contribution in [0.3, 0.4) is 0 Å². The van der Waals surface area contributed by atoms with Crippen molar-refractivity contribution in [3.05, 3.63) is 23.9 Å². The van der Waals surface area contributed by atoms with Gasteiger partial charge in [-0.05, 0) is 51.0 Å². The molecule has 2 aromatic heterocycles. The lowest BCUT2D eigenvalue weighted by Crippen LogP contribution is -2.40. The Morgan fingerprint density at radius 1 is 1.02 bits per heavy atom. The number of nitrogens with zero attached hydrogens (tertiary/aromatic N) is 5. The standard InChI is InChI=1S/C28H35F2N7O5S/c1-3-41-23(38)17-43(39,40)35-19-15-20(36-10-6-27(4-5-27)7-11-36)24-21(16-19)42-34-25(24)32-22-14-18(2)31-26(33-22)37-12-8-28(29,30)9-13-37/h14-16,35H,3-13,17H2,1-2H3,(H,31,32,33,34). The molecule has 43 heavy (non-hydrogen) atoms. The molecule has 3 aliphatic rings. The molecule has 1 aliphatic carbocycles. The summed E-state index contributed by atoms with van der Waals surface area (Å²) >= 11 is 0. The third-order valence-electron chi connectivity index (χ3n) is 8.43. The molecule has 232 valence electrons. The molecule has 0 bridgehead atoms. The summed E-state index contributed by atoms with van der Waals surface area (Å²) in [5.41, 5.74) is 2.38. The lowest BCUT2D eigenvalue weighted by atomic mass is 9.93. The molecule has 2 aliphatic heterocycles. The number of aromatic nitrogens is 3. The number of halogens is 2. The smallest absolute Gasteiger partial charge is 0.323 e. The van der Waals surface area contributed by atoms with E-state index in [0.717, 1.165) is 31.6 Å². The normalized spacial score (nSPS) is 19.4. The summed E-state index contributed by atoms with van der Waals surface area (Å²) in [6.07, 6.45) is 4.01. The van der Waals surface area contributed by atoms with Crippen molar-refractivity contribution < 1.29 is 31.3 Å². The van der Waals surface area contributed by atoms with Gasteiger partial charge in [-0.2, -0.15) is 4.98 Å². The van der Waals surface area contributed by atoms with E-state index in [1.165, 1.54) is 18.9 Å². The molecular weight excluding hydrogens is 584 g/mol. The van der Waals surface area contributed by atoms with Crippen LogP contribution >= 0.6 is 0 Å². The van der Waals surface area contributed by atoms with Gasteiger partial charge in [-0.15, -0.1) is 0 Å². The van der Waals surface area contributed by atoms with E-state index in [-0.39, 0.29) is 38.2 Å². The van der Waals surface area contributed by atoms with Crippen LogP contribution in [0.5, 0.6) is 0 Å². The maximum Gasteiger partial charge on any atom is 0.323 e. The van der Waals surface area contributed by atoms with Gasteiger partial charge in [-0.3, -0.25) is 9.52 Å². The molecule has 0 radical (unpaired) electrons. The summed E-state index contributed by atoms with van der Waals surface area (Å²) in [6.45, 7) is 5.37. The molecule has 6 rings (SSSR count). The van der Waals surface area contributed by atoms with E-state index in [1.807, 2.05) is 0 Å². The highest BCUT2D eigenvalue weighted by Crippen LogP contribution is 2.54. The van der Waals surface area contributed by atoms with E-state index in [4.69, 9.17) is 9.26 Å². The van der Waals surface area contributed by atoms with E-state index >= 15 is 0 Å². The van der Waals surface area contributed by atoms with Crippen LogP contribution in [-0.2, 0) is 19.6 Å². The maximum absolute atomic E-state index is 13.7. The van der Waals surface area contributed by atoms with Crippen molar-refractivity contribution in [2.45, 2.75) is 58.3 Å². The number of sulfonamides is 1. The summed E-state index contributed by atoms with van der Waals surface area (Å²) in [6, 6.07) is 4.98. The fourth-order valence-electron chi connectivity index (χ4n) is 5.83. The van der Waals surface area contributed by atoms with E-state index in [1.54, 1.807) is 30.9 Å². The number of ether oxygens (including phenoxy) is 1. The second-order valence-electron chi connectivity index (χ2n) is 11.7. The lowest BCUT2D eigenvalue weighted by Gasteiger charge is -2.34. The number of fused-ring (bicyclic) bond motifs is 1. The van der Waals surface area contributed by atoms with Gasteiger partial charge >= 0.3 is 5.97 Å². The van der Waals surface area contributed by atoms with E-state index in [2.05, 4.69) is 30.1 Å². The third kappa shape index (κ3) is 6.60. The van der Waals surface area contributed by atoms with Crippen molar-refractivity contribution in [1.82, 2.24) is 15.1 Å². The number of aryl methyl sites for hydroxylation is 1. The minimum Gasteiger partial charge on any atom is -0.465 e. The Labute approximate surface area is 248 Å². The van der Waals surface area contributed by atoms with Crippen molar-refractivity contribution in [3.8, 4) is 0 Å². The van der Waals surface area contributed by atoms with Crippen molar-refractivity contribution >= 4 is 55.9 Å². The summed E-state index contributed by atoms with van der Waals surface area (Å²) in [5.74, 6) is -3.17. The van der Waals surface area contributed by atoms with Crippen LogP contribution in [0.25, 0.3) is 11.0 Å². The number of carbonyl (C=O) groups excluding carboxylic acids is 1. The molecule has 0 amide bonds. The van der Waals surface area contributed by atoms with Crippen LogP contribution in [0, 0.1) is 12.3 Å². The molecule has 3 fully saturated rings. The Morgan fingerprint density at radius 3 is 2.40 bits per heavy atom. The van der Waals surface area contributed by atoms with Gasteiger partial charge in [0.15, 0.2) is 17.2 Å². The number of carbonyl (C=O) groups is 1. The fourth-order valence-corrected chi connectivity index (χ4v) is 6.77. The zero-order valence-electron chi connectivity index (χ0n) is 24.2. The fraction of sp³-hybridized carbons (Fsp3) is 0.571. The van der Waals surface area contributed by atoms with Crippen LogP contribution in [0.1, 0.15) is 51.1 Å². The van der Waals surface area contributed by atoms with E-state index in [9.17, 15) is 22.0 Å². The zero-order chi connectivity index (χ0) is 30.4. The second-order valence-corrected chi connectivity index (χ2v) is 13.4. The Balaban J connectivity index is 1.31. The molecular formula is C28H35F2N7O5S. The first-order valence-corrected chi connectivity index (χ1v) is 16.2. The number of rotatable bonds is 9. The van der Waals surface area contributed by atoms with Crippen LogP contribution in [0.2, 0.25) is 0 Å². The number of nitrogens with one attached hydrogen (secondary N) is 2. The molecule has 0 unspecified atom stereocenters.